The first kappa shape index (κ1) is 13.7. The molecule has 102 valence electrons. The number of hydrogen-bond acceptors (Lipinski definition) is 6. The van der Waals surface area contributed by atoms with Crippen LogP contribution in [0, 0.1) is 0 Å². The summed E-state index contributed by atoms with van der Waals surface area (Å²) in [5.74, 6) is 0.947. The Bertz CT molecular complexity index is 647. The Hall–Kier alpha value is -1.73. The molecule has 7 heteroatoms. The molecule has 2 aromatic rings. The SMILES string of the molecule is CNCCc1nnc(-c2ccc(S(C)(=O)=O)cc2)o1. The predicted molar refractivity (Wildman–Crippen MR) is 70.5 cm³/mol. The van der Waals surface area contributed by atoms with Crippen molar-refractivity contribution >= 4 is 9.84 Å². The van der Waals surface area contributed by atoms with Crippen LogP contribution >= 0.6 is 0 Å². The minimum absolute atomic E-state index is 0.270. The van der Waals surface area contributed by atoms with Crippen LogP contribution in [0.3, 0.4) is 0 Å². The second-order valence-electron chi connectivity index (χ2n) is 4.15. The number of aromatic nitrogens is 2. The highest BCUT2D eigenvalue weighted by atomic mass is 32.2. The van der Waals surface area contributed by atoms with Crippen molar-refractivity contribution in [2.45, 2.75) is 11.3 Å². The topological polar surface area (TPSA) is 85.1 Å². The average Bonchev–Trinajstić information content (AvgIpc) is 2.84. The highest BCUT2D eigenvalue weighted by Gasteiger charge is 2.10. The van der Waals surface area contributed by atoms with Crippen molar-refractivity contribution in [3.05, 3.63) is 30.2 Å². The van der Waals surface area contributed by atoms with E-state index in [0.717, 1.165) is 6.54 Å². The minimum atomic E-state index is -3.18. The molecule has 6 nitrogen and oxygen atoms in total. The zero-order valence-electron chi connectivity index (χ0n) is 10.8. The van der Waals surface area contributed by atoms with Crippen molar-refractivity contribution in [1.82, 2.24) is 15.5 Å². The van der Waals surface area contributed by atoms with E-state index >= 15 is 0 Å². The van der Waals surface area contributed by atoms with Gasteiger partial charge in [0.15, 0.2) is 9.84 Å². The number of likely N-dealkylation sites (N-methyl/N-ethyl adjacent to an activating group) is 1. The normalized spacial score (nSPS) is 11.7. The smallest absolute Gasteiger partial charge is 0.247 e. The van der Waals surface area contributed by atoms with E-state index in [0.29, 0.717) is 23.8 Å². The summed E-state index contributed by atoms with van der Waals surface area (Å²) in [6.07, 6.45) is 1.83. The van der Waals surface area contributed by atoms with Crippen molar-refractivity contribution in [2.24, 2.45) is 0 Å². The molecular formula is C12H15N3O3S. The van der Waals surface area contributed by atoms with Gasteiger partial charge in [-0.3, -0.25) is 0 Å². The molecule has 0 bridgehead atoms. The minimum Gasteiger partial charge on any atom is -0.421 e. The van der Waals surface area contributed by atoms with Crippen LogP contribution in [0.5, 0.6) is 0 Å². The second kappa shape index (κ2) is 5.50. The molecule has 0 fully saturated rings. The number of hydrogen-bond donors (Lipinski definition) is 1. The molecule has 0 aliphatic heterocycles. The fourth-order valence-corrected chi connectivity index (χ4v) is 2.18. The highest BCUT2D eigenvalue weighted by Crippen LogP contribution is 2.20. The maximum atomic E-state index is 11.3. The van der Waals surface area contributed by atoms with Crippen molar-refractivity contribution < 1.29 is 12.8 Å². The van der Waals surface area contributed by atoms with Gasteiger partial charge >= 0.3 is 0 Å². The molecule has 1 N–H and O–H groups in total. The lowest BCUT2D eigenvalue weighted by Gasteiger charge is -1.99. The van der Waals surface area contributed by atoms with E-state index in [9.17, 15) is 8.42 Å². The summed E-state index contributed by atoms with van der Waals surface area (Å²) in [5.41, 5.74) is 0.704. The quantitative estimate of drug-likeness (QED) is 0.876. The lowest BCUT2D eigenvalue weighted by molar-refractivity contribution is 0.500. The Labute approximate surface area is 111 Å². The van der Waals surface area contributed by atoms with Crippen molar-refractivity contribution in [2.75, 3.05) is 19.8 Å². The number of nitrogens with zero attached hydrogens (tertiary/aromatic N) is 2. The Balaban J connectivity index is 2.20. The summed E-state index contributed by atoms with van der Waals surface area (Å²) in [4.78, 5) is 0.270. The molecule has 0 atom stereocenters. The van der Waals surface area contributed by atoms with Gasteiger partial charge in [-0.15, -0.1) is 10.2 Å². The molecule has 2 rings (SSSR count). The molecule has 0 spiro atoms. The van der Waals surface area contributed by atoms with Crippen LogP contribution in [-0.2, 0) is 16.3 Å². The van der Waals surface area contributed by atoms with E-state index in [1.807, 2.05) is 7.05 Å². The van der Waals surface area contributed by atoms with Crippen LogP contribution < -0.4 is 5.32 Å². The molecule has 1 heterocycles. The van der Waals surface area contributed by atoms with Crippen molar-refractivity contribution in [3.8, 4) is 11.5 Å². The van der Waals surface area contributed by atoms with Crippen LogP contribution in [0.4, 0.5) is 0 Å². The summed E-state index contributed by atoms with van der Waals surface area (Å²) in [5, 5.41) is 10.9. The number of nitrogens with one attached hydrogen (secondary N) is 1. The first-order chi connectivity index (χ1) is 9.00. The molecule has 0 aliphatic carbocycles. The van der Waals surface area contributed by atoms with Crippen LogP contribution in [0.25, 0.3) is 11.5 Å². The Morgan fingerprint density at radius 2 is 1.89 bits per heavy atom. The fraction of sp³-hybridized carbons (Fsp3) is 0.333. The van der Waals surface area contributed by atoms with E-state index in [2.05, 4.69) is 15.5 Å². The third kappa shape index (κ3) is 3.39. The lowest BCUT2D eigenvalue weighted by atomic mass is 10.2. The van der Waals surface area contributed by atoms with Gasteiger partial charge in [0, 0.05) is 24.8 Å². The summed E-state index contributed by atoms with van der Waals surface area (Å²) >= 11 is 0. The first-order valence-corrected chi connectivity index (χ1v) is 7.67. The molecule has 0 radical (unpaired) electrons. The second-order valence-corrected chi connectivity index (χ2v) is 6.17. The van der Waals surface area contributed by atoms with Gasteiger partial charge in [0.05, 0.1) is 4.90 Å². The molecule has 1 aromatic heterocycles. The number of rotatable bonds is 5. The van der Waals surface area contributed by atoms with E-state index in [4.69, 9.17) is 4.42 Å². The Morgan fingerprint density at radius 1 is 1.21 bits per heavy atom. The zero-order chi connectivity index (χ0) is 13.9. The third-order valence-electron chi connectivity index (χ3n) is 2.59. The molecule has 0 saturated heterocycles. The number of sulfone groups is 1. The van der Waals surface area contributed by atoms with Gasteiger partial charge in [-0.05, 0) is 31.3 Å². The van der Waals surface area contributed by atoms with Crippen molar-refractivity contribution in [1.29, 1.82) is 0 Å². The van der Waals surface area contributed by atoms with Gasteiger partial charge in [0.2, 0.25) is 11.8 Å². The van der Waals surface area contributed by atoms with Gasteiger partial charge < -0.3 is 9.73 Å². The molecule has 0 amide bonds. The number of benzene rings is 1. The van der Waals surface area contributed by atoms with E-state index < -0.39 is 9.84 Å². The molecule has 19 heavy (non-hydrogen) atoms. The zero-order valence-corrected chi connectivity index (χ0v) is 11.6. The summed E-state index contributed by atoms with van der Waals surface area (Å²) in [6.45, 7) is 0.759. The van der Waals surface area contributed by atoms with Gasteiger partial charge in [0.1, 0.15) is 0 Å². The first-order valence-electron chi connectivity index (χ1n) is 5.78. The predicted octanol–water partition coefficient (Wildman–Crippen LogP) is 0.902. The van der Waals surface area contributed by atoms with Crippen LogP contribution in [0.1, 0.15) is 5.89 Å². The fourth-order valence-electron chi connectivity index (χ4n) is 1.55. The van der Waals surface area contributed by atoms with E-state index in [1.165, 1.54) is 18.4 Å². The standard InChI is InChI=1S/C12H15N3O3S/c1-13-8-7-11-14-15-12(18-11)9-3-5-10(6-4-9)19(2,16)17/h3-6,13H,7-8H2,1-2H3. The summed E-state index contributed by atoms with van der Waals surface area (Å²) in [6, 6.07) is 6.38. The summed E-state index contributed by atoms with van der Waals surface area (Å²) in [7, 11) is -1.34. The maximum absolute atomic E-state index is 11.3. The molecule has 0 saturated carbocycles. The molecular weight excluding hydrogens is 266 g/mol. The van der Waals surface area contributed by atoms with Crippen LogP contribution in [-0.4, -0.2) is 38.5 Å². The molecule has 0 aliphatic rings. The van der Waals surface area contributed by atoms with Gasteiger partial charge in [-0.2, -0.15) is 0 Å². The maximum Gasteiger partial charge on any atom is 0.247 e. The molecule has 0 unspecified atom stereocenters. The monoisotopic (exact) mass is 281 g/mol. The van der Waals surface area contributed by atoms with E-state index in [-0.39, 0.29) is 4.90 Å². The largest absolute Gasteiger partial charge is 0.421 e. The van der Waals surface area contributed by atoms with Crippen LogP contribution in [0.15, 0.2) is 33.6 Å². The Morgan fingerprint density at radius 3 is 2.47 bits per heavy atom. The Kier molecular flexibility index (Phi) is 3.96. The van der Waals surface area contributed by atoms with Gasteiger partial charge in [0.25, 0.3) is 0 Å². The van der Waals surface area contributed by atoms with Gasteiger partial charge in [-0.25, -0.2) is 8.42 Å². The van der Waals surface area contributed by atoms with Crippen LogP contribution in [0.2, 0.25) is 0 Å². The molecule has 1 aromatic carbocycles. The average molecular weight is 281 g/mol. The van der Waals surface area contributed by atoms with E-state index in [1.54, 1.807) is 12.1 Å². The van der Waals surface area contributed by atoms with Crippen molar-refractivity contribution in [3.63, 3.8) is 0 Å². The summed E-state index contributed by atoms with van der Waals surface area (Å²) < 4.78 is 28.2. The third-order valence-corrected chi connectivity index (χ3v) is 3.71. The van der Waals surface area contributed by atoms with Gasteiger partial charge in [-0.1, -0.05) is 0 Å². The lowest BCUT2D eigenvalue weighted by Crippen LogP contribution is -2.10. The highest BCUT2D eigenvalue weighted by molar-refractivity contribution is 7.90.